The highest BCUT2D eigenvalue weighted by atomic mass is 32.1. The number of benzene rings is 1. The maximum atomic E-state index is 12.9. The lowest BCUT2D eigenvalue weighted by Crippen LogP contribution is -2.54. The summed E-state index contributed by atoms with van der Waals surface area (Å²) in [6, 6.07) is 6.47. The number of hydrogen-bond donors (Lipinski definition) is 3. The number of methoxy groups -OCH3 is 1. The molecule has 1 atom stereocenters. The summed E-state index contributed by atoms with van der Waals surface area (Å²) < 4.78 is 5.18. The monoisotopic (exact) mass is 410 g/mol. The van der Waals surface area contributed by atoms with Crippen LogP contribution in [0.3, 0.4) is 0 Å². The largest absolute Gasteiger partial charge is 0.497 e. The highest BCUT2D eigenvalue weighted by Gasteiger charge is 2.48. The van der Waals surface area contributed by atoms with Crippen LogP contribution in [-0.4, -0.2) is 41.9 Å². The molecule has 1 saturated heterocycles. The predicted octanol–water partition coefficient (Wildman–Crippen LogP) is 0.801. The first kappa shape index (κ1) is 19.0. The predicted molar refractivity (Wildman–Crippen MR) is 106 cm³/mol. The van der Waals surface area contributed by atoms with E-state index in [1.165, 1.54) is 23.3 Å². The lowest BCUT2D eigenvalue weighted by molar-refractivity contribution is -0.122. The first-order valence-electron chi connectivity index (χ1n) is 8.84. The Morgan fingerprint density at radius 3 is 2.79 bits per heavy atom. The Morgan fingerprint density at radius 1 is 1.31 bits per heavy atom. The Bertz CT molecular complexity index is 1080. The fourth-order valence-electron chi connectivity index (χ4n) is 3.34. The van der Waals surface area contributed by atoms with Gasteiger partial charge >= 0.3 is 6.03 Å². The average Bonchev–Trinajstić information content (AvgIpc) is 3.37. The molecule has 1 aromatic carbocycles. The zero-order chi connectivity index (χ0) is 20.6. The molecule has 0 aliphatic carbocycles. The highest BCUT2D eigenvalue weighted by Crippen LogP contribution is 2.28. The van der Waals surface area contributed by atoms with Gasteiger partial charge in [-0.1, -0.05) is 17.9 Å². The van der Waals surface area contributed by atoms with Gasteiger partial charge in [-0.25, -0.2) is 4.79 Å². The molecule has 29 heavy (non-hydrogen) atoms. The minimum absolute atomic E-state index is 0.0682. The van der Waals surface area contributed by atoms with Gasteiger partial charge in [-0.2, -0.15) is 0 Å². The van der Waals surface area contributed by atoms with Crippen LogP contribution < -0.4 is 21.1 Å². The van der Waals surface area contributed by atoms with Gasteiger partial charge < -0.3 is 20.7 Å². The number of nitrogens with zero attached hydrogens (tertiary/aromatic N) is 1. The van der Waals surface area contributed by atoms with Crippen LogP contribution in [0.5, 0.6) is 5.75 Å². The van der Waals surface area contributed by atoms with Crippen LogP contribution in [-0.2, 0) is 17.9 Å². The second kappa shape index (κ2) is 7.24. The van der Waals surface area contributed by atoms with Gasteiger partial charge in [0.15, 0.2) is 0 Å². The summed E-state index contributed by atoms with van der Waals surface area (Å²) in [5.74, 6) is 5.57. The number of carbonyl (C=O) groups excluding carboxylic acids is 3. The molecule has 0 unspecified atom stereocenters. The molecule has 1 fully saturated rings. The van der Waals surface area contributed by atoms with Crippen molar-refractivity contribution in [3.63, 3.8) is 0 Å². The number of nitrogens with one attached hydrogen (secondary N) is 2. The number of hydrogen-bond acceptors (Lipinski definition) is 6. The van der Waals surface area contributed by atoms with Gasteiger partial charge in [-0.3, -0.25) is 14.9 Å². The van der Waals surface area contributed by atoms with E-state index in [2.05, 4.69) is 22.5 Å². The van der Waals surface area contributed by atoms with Gasteiger partial charge in [0.1, 0.15) is 5.75 Å². The van der Waals surface area contributed by atoms with E-state index in [1.54, 1.807) is 12.1 Å². The van der Waals surface area contributed by atoms with Crippen LogP contribution >= 0.6 is 11.3 Å². The zero-order valence-electron chi connectivity index (χ0n) is 15.6. The number of rotatable bonds is 4. The summed E-state index contributed by atoms with van der Waals surface area (Å²) >= 11 is 1.47. The Kier molecular flexibility index (Phi) is 4.74. The lowest BCUT2D eigenvalue weighted by atomic mass is 9.99. The van der Waals surface area contributed by atoms with Crippen LogP contribution in [0.1, 0.15) is 26.4 Å². The summed E-state index contributed by atoms with van der Waals surface area (Å²) in [5, 5.41) is 6.65. The maximum absolute atomic E-state index is 12.9. The van der Waals surface area contributed by atoms with E-state index in [-0.39, 0.29) is 12.5 Å². The van der Waals surface area contributed by atoms with E-state index in [9.17, 15) is 14.4 Å². The smallest absolute Gasteiger partial charge is 0.323 e. The molecule has 4 rings (SSSR count). The van der Waals surface area contributed by atoms with E-state index in [0.717, 1.165) is 10.4 Å². The van der Waals surface area contributed by atoms with Gasteiger partial charge in [0.25, 0.3) is 11.8 Å². The molecular formula is C20H18N4O4S. The molecule has 0 spiro atoms. The van der Waals surface area contributed by atoms with Crippen molar-refractivity contribution in [3.8, 4) is 17.6 Å². The summed E-state index contributed by atoms with van der Waals surface area (Å²) in [5.41, 5.74) is 6.14. The highest BCUT2D eigenvalue weighted by molar-refractivity contribution is 7.10. The molecule has 4 amide bonds. The number of ether oxygens (including phenoxy) is 1. The summed E-state index contributed by atoms with van der Waals surface area (Å²) in [7, 11) is 1.53. The first-order valence-corrected chi connectivity index (χ1v) is 9.72. The molecule has 148 valence electrons. The van der Waals surface area contributed by atoms with Crippen molar-refractivity contribution in [2.24, 2.45) is 5.73 Å². The number of thiophene rings is 1. The lowest BCUT2D eigenvalue weighted by Gasteiger charge is -2.26. The van der Waals surface area contributed by atoms with Crippen molar-refractivity contribution in [1.29, 1.82) is 0 Å². The van der Waals surface area contributed by atoms with Crippen molar-refractivity contribution in [2.45, 2.75) is 18.6 Å². The van der Waals surface area contributed by atoms with E-state index in [4.69, 9.17) is 10.5 Å². The van der Waals surface area contributed by atoms with Gasteiger partial charge in [0.2, 0.25) is 5.54 Å². The van der Waals surface area contributed by atoms with Gasteiger partial charge in [0.05, 0.1) is 13.7 Å². The van der Waals surface area contributed by atoms with E-state index in [1.807, 2.05) is 17.5 Å². The number of imide groups is 1. The Balaban J connectivity index is 1.63. The standard InChI is InChI=1S/C20H18N4O4S/c1-28-14-3-2-13-9-24(17(25)16(13)7-14)11-20(18(26)22-19(27)23-20)5-4-12-6-15(8-21)29-10-12/h2-3,6-7,10H,8-9,11,21H2,1H3,(H2,22,23,26,27)/t20-/m1/s1. The molecule has 2 aliphatic heterocycles. The number of fused-ring (bicyclic) bond motifs is 1. The quantitative estimate of drug-likeness (QED) is 0.510. The van der Waals surface area contributed by atoms with Crippen LogP contribution in [0.4, 0.5) is 4.79 Å². The number of nitrogens with two attached hydrogens (primary N) is 1. The third kappa shape index (κ3) is 3.44. The molecule has 1 aromatic heterocycles. The Hall–Kier alpha value is -3.35. The average molecular weight is 410 g/mol. The topological polar surface area (TPSA) is 114 Å². The van der Waals surface area contributed by atoms with Crippen molar-refractivity contribution < 1.29 is 19.1 Å². The minimum Gasteiger partial charge on any atom is -0.497 e. The molecular weight excluding hydrogens is 392 g/mol. The number of amides is 4. The van der Waals surface area contributed by atoms with Gasteiger partial charge in [-0.15, -0.1) is 11.3 Å². The van der Waals surface area contributed by atoms with Crippen molar-refractivity contribution >= 4 is 29.2 Å². The Labute approximate surface area is 171 Å². The van der Waals surface area contributed by atoms with Crippen LogP contribution in [0.2, 0.25) is 0 Å². The summed E-state index contributed by atoms with van der Waals surface area (Å²) in [6.07, 6.45) is 0. The molecule has 0 bridgehead atoms. The van der Waals surface area contributed by atoms with Gasteiger partial charge in [-0.05, 0) is 23.8 Å². The van der Waals surface area contributed by atoms with Crippen LogP contribution in [0.15, 0.2) is 29.6 Å². The third-order valence-electron chi connectivity index (χ3n) is 4.84. The van der Waals surface area contributed by atoms with Crippen LogP contribution in [0.25, 0.3) is 0 Å². The third-order valence-corrected chi connectivity index (χ3v) is 5.80. The summed E-state index contributed by atoms with van der Waals surface area (Å²) in [4.78, 5) is 39.8. The number of urea groups is 1. The van der Waals surface area contributed by atoms with Crippen molar-refractivity contribution in [1.82, 2.24) is 15.5 Å². The first-order chi connectivity index (χ1) is 13.9. The molecule has 0 saturated carbocycles. The van der Waals surface area contributed by atoms with E-state index < -0.39 is 17.5 Å². The van der Waals surface area contributed by atoms with Crippen molar-refractivity contribution in [3.05, 3.63) is 51.2 Å². The molecule has 2 aromatic rings. The maximum Gasteiger partial charge on any atom is 0.323 e. The fourth-order valence-corrected chi connectivity index (χ4v) is 4.04. The molecule has 3 heterocycles. The van der Waals surface area contributed by atoms with Crippen molar-refractivity contribution in [2.75, 3.05) is 13.7 Å². The van der Waals surface area contributed by atoms with E-state index >= 15 is 0 Å². The summed E-state index contributed by atoms with van der Waals surface area (Å²) in [6.45, 7) is 0.653. The fraction of sp³-hybridized carbons (Fsp3) is 0.250. The zero-order valence-corrected chi connectivity index (χ0v) is 16.4. The molecule has 2 aliphatic rings. The van der Waals surface area contributed by atoms with Gasteiger partial charge in [0, 0.05) is 34.5 Å². The molecule has 8 nitrogen and oxygen atoms in total. The number of carbonyl (C=O) groups is 3. The minimum atomic E-state index is -1.52. The normalized spacial score (nSPS) is 20.1. The Morgan fingerprint density at radius 2 is 2.14 bits per heavy atom. The second-order valence-electron chi connectivity index (χ2n) is 6.75. The van der Waals surface area contributed by atoms with E-state index in [0.29, 0.717) is 30.0 Å². The SMILES string of the molecule is COc1ccc2c(c1)C(=O)N(C[C@@]1(C#Cc3csc(CN)c3)NC(=O)NC1=O)C2. The van der Waals surface area contributed by atoms with Crippen LogP contribution in [0, 0.1) is 11.8 Å². The molecule has 9 heteroatoms. The molecule has 0 radical (unpaired) electrons. The second-order valence-corrected chi connectivity index (χ2v) is 7.75. The molecule has 4 N–H and O–H groups in total.